The molecule has 72 valence electrons. The summed E-state index contributed by atoms with van der Waals surface area (Å²) in [6, 6.07) is 11.3. The summed E-state index contributed by atoms with van der Waals surface area (Å²) in [5.74, 6) is 0.310. The van der Waals surface area contributed by atoms with Crippen LogP contribution in [-0.4, -0.2) is 5.11 Å². The molecule has 0 aliphatic rings. The molecular formula is C12H13NO. The first kappa shape index (κ1) is 9.03. The van der Waals surface area contributed by atoms with Crippen molar-refractivity contribution < 1.29 is 5.11 Å². The minimum absolute atomic E-state index is 0.0134. The van der Waals surface area contributed by atoms with Crippen molar-refractivity contribution in [3.63, 3.8) is 0 Å². The first-order chi connectivity index (χ1) is 6.70. The lowest BCUT2D eigenvalue weighted by atomic mass is 10.00. The van der Waals surface area contributed by atoms with E-state index in [0.29, 0.717) is 5.75 Å². The monoisotopic (exact) mass is 187 g/mol. The van der Waals surface area contributed by atoms with E-state index >= 15 is 0 Å². The predicted octanol–water partition coefficient (Wildman–Crippen LogP) is 2.57. The van der Waals surface area contributed by atoms with Gasteiger partial charge >= 0.3 is 0 Å². The van der Waals surface area contributed by atoms with Crippen LogP contribution < -0.4 is 5.73 Å². The van der Waals surface area contributed by atoms with Gasteiger partial charge in [0, 0.05) is 11.4 Å². The smallest absolute Gasteiger partial charge is 0.123 e. The number of phenolic OH excluding ortho intramolecular Hbond substituents is 1. The first-order valence-electron chi connectivity index (χ1n) is 4.66. The molecule has 0 amide bonds. The number of benzene rings is 2. The zero-order valence-electron chi connectivity index (χ0n) is 8.07. The third-order valence-electron chi connectivity index (χ3n) is 2.42. The van der Waals surface area contributed by atoms with E-state index in [9.17, 15) is 5.11 Å². The molecule has 14 heavy (non-hydrogen) atoms. The molecule has 0 radical (unpaired) electrons. The second-order valence-electron chi connectivity index (χ2n) is 3.51. The van der Waals surface area contributed by atoms with Crippen molar-refractivity contribution in [3.05, 3.63) is 42.0 Å². The zero-order chi connectivity index (χ0) is 10.1. The molecule has 0 saturated heterocycles. The summed E-state index contributed by atoms with van der Waals surface area (Å²) in [6.45, 7) is 1.94. The lowest BCUT2D eigenvalue weighted by Gasteiger charge is -2.10. The maximum absolute atomic E-state index is 9.64. The Bertz CT molecular complexity index is 463. The van der Waals surface area contributed by atoms with Crippen LogP contribution in [0.3, 0.4) is 0 Å². The minimum atomic E-state index is -0.0134. The molecule has 1 atom stereocenters. The highest BCUT2D eigenvalue weighted by atomic mass is 16.3. The summed E-state index contributed by atoms with van der Waals surface area (Å²) in [7, 11) is 0. The Kier molecular flexibility index (Phi) is 2.14. The van der Waals surface area contributed by atoms with E-state index in [4.69, 9.17) is 5.73 Å². The number of hydrogen-bond donors (Lipinski definition) is 2. The fourth-order valence-corrected chi connectivity index (χ4v) is 1.71. The third kappa shape index (κ3) is 1.34. The molecule has 0 bridgehead atoms. The van der Waals surface area contributed by atoms with Gasteiger partial charge < -0.3 is 10.8 Å². The van der Waals surface area contributed by atoms with E-state index in [2.05, 4.69) is 0 Å². The van der Waals surface area contributed by atoms with Crippen LogP contribution >= 0.6 is 0 Å². The van der Waals surface area contributed by atoms with Crippen molar-refractivity contribution in [3.8, 4) is 5.75 Å². The predicted molar refractivity (Wildman–Crippen MR) is 58.2 cm³/mol. The fraction of sp³-hybridized carbons (Fsp3) is 0.167. The van der Waals surface area contributed by atoms with E-state index in [-0.39, 0.29) is 6.04 Å². The number of phenols is 1. The molecule has 0 saturated carbocycles. The van der Waals surface area contributed by atoms with Gasteiger partial charge in [-0.1, -0.05) is 30.3 Å². The summed E-state index contributed by atoms with van der Waals surface area (Å²) in [5, 5.41) is 11.5. The van der Waals surface area contributed by atoms with Gasteiger partial charge in [0.1, 0.15) is 5.75 Å². The van der Waals surface area contributed by atoms with E-state index in [1.165, 1.54) is 0 Å². The van der Waals surface area contributed by atoms with Crippen molar-refractivity contribution in [1.29, 1.82) is 0 Å². The summed E-state index contributed by atoms with van der Waals surface area (Å²) in [4.78, 5) is 0. The molecule has 2 nitrogen and oxygen atoms in total. The minimum Gasteiger partial charge on any atom is -0.507 e. The van der Waals surface area contributed by atoms with E-state index in [1.807, 2.05) is 37.3 Å². The molecule has 0 aliphatic heterocycles. The molecule has 0 aromatic heterocycles. The van der Waals surface area contributed by atoms with Gasteiger partial charge in [-0.15, -0.1) is 0 Å². The lowest BCUT2D eigenvalue weighted by Crippen LogP contribution is -2.05. The van der Waals surface area contributed by atoms with Crippen molar-refractivity contribution >= 4 is 10.8 Å². The van der Waals surface area contributed by atoms with Gasteiger partial charge in [0.15, 0.2) is 0 Å². The Morgan fingerprint density at radius 3 is 2.43 bits per heavy atom. The highest BCUT2D eigenvalue weighted by Crippen LogP contribution is 2.28. The Labute approximate surface area is 83.0 Å². The lowest BCUT2D eigenvalue weighted by molar-refractivity contribution is 0.481. The molecule has 0 fully saturated rings. The number of aromatic hydroxyl groups is 1. The summed E-state index contributed by atoms with van der Waals surface area (Å²) in [6.07, 6.45) is 0. The van der Waals surface area contributed by atoms with E-state index in [0.717, 1.165) is 16.3 Å². The van der Waals surface area contributed by atoms with Crippen LogP contribution in [-0.2, 0) is 0 Å². The van der Waals surface area contributed by atoms with Crippen molar-refractivity contribution in [1.82, 2.24) is 0 Å². The molecule has 2 heteroatoms. The van der Waals surface area contributed by atoms with Crippen LogP contribution in [0.4, 0.5) is 0 Å². The van der Waals surface area contributed by atoms with Gasteiger partial charge in [-0.2, -0.15) is 0 Å². The van der Waals surface area contributed by atoms with Gasteiger partial charge in [0.2, 0.25) is 0 Å². The molecule has 0 aliphatic carbocycles. The van der Waals surface area contributed by atoms with Crippen LogP contribution in [0.2, 0.25) is 0 Å². The van der Waals surface area contributed by atoms with Crippen LogP contribution in [0.5, 0.6) is 5.75 Å². The first-order valence-corrected chi connectivity index (χ1v) is 4.66. The molecule has 0 unspecified atom stereocenters. The van der Waals surface area contributed by atoms with Gasteiger partial charge in [-0.05, 0) is 23.9 Å². The zero-order valence-corrected chi connectivity index (χ0v) is 8.07. The van der Waals surface area contributed by atoms with Gasteiger partial charge in [0.25, 0.3) is 0 Å². The normalized spacial score (nSPS) is 13.0. The van der Waals surface area contributed by atoms with Crippen molar-refractivity contribution in [2.24, 2.45) is 5.73 Å². The Hall–Kier alpha value is -1.54. The average Bonchev–Trinajstić information content (AvgIpc) is 2.17. The van der Waals surface area contributed by atoms with E-state index in [1.54, 1.807) is 6.07 Å². The Morgan fingerprint density at radius 1 is 1.07 bits per heavy atom. The number of nitrogens with two attached hydrogens (primary N) is 1. The highest BCUT2D eigenvalue weighted by molar-refractivity contribution is 5.90. The van der Waals surface area contributed by atoms with Crippen LogP contribution in [0, 0.1) is 0 Å². The fourth-order valence-electron chi connectivity index (χ4n) is 1.71. The second kappa shape index (κ2) is 3.31. The van der Waals surface area contributed by atoms with Crippen molar-refractivity contribution in [2.45, 2.75) is 13.0 Å². The Balaban J connectivity index is 2.81. The highest BCUT2D eigenvalue weighted by Gasteiger charge is 2.06. The summed E-state index contributed by atoms with van der Waals surface area (Å²) >= 11 is 0. The molecule has 2 rings (SSSR count). The summed E-state index contributed by atoms with van der Waals surface area (Å²) in [5.41, 5.74) is 6.92. The maximum Gasteiger partial charge on any atom is 0.123 e. The van der Waals surface area contributed by atoms with Gasteiger partial charge in [0.05, 0.1) is 0 Å². The second-order valence-corrected chi connectivity index (χ2v) is 3.51. The van der Waals surface area contributed by atoms with Gasteiger partial charge in [-0.25, -0.2) is 0 Å². The molecular weight excluding hydrogens is 174 g/mol. The topological polar surface area (TPSA) is 46.2 Å². The summed E-state index contributed by atoms with van der Waals surface area (Å²) < 4.78 is 0. The largest absolute Gasteiger partial charge is 0.507 e. The molecule has 0 spiro atoms. The average molecular weight is 187 g/mol. The van der Waals surface area contributed by atoms with Crippen molar-refractivity contribution in [2.75, 3.05) is 0 Å². The van der Waals surface area contributed by atoms with Crippen LogP contribution in [0.1, 0.15) is 18.5 Å². The Morgan fingerprint density at radius 2 is 1.71 bits per heavy atom. The molecule has 3 N–H and O–H groups in total. The third-order valence-corrected chi connectivity index (χ3v) is 2.42. The van der Waals surface area contributed by atoms with E-state index < -0.39 is 0 Å². The molecule has 2 aromatic rings. The number of fused-ring (bicyclic) bond motifs is 1. The molecule has 0 heterocycles. The quantitative estimate of drug-likeness (QED) is 0.720. The van der Waals surface area contributed by atoms with Gasteiger partial charge in [-0.3, -0.25) is 0 Å². The standard InChI is InChI=1S/C12H13NO/c1-8(13)9-4-2-6-11-10(9)5-3-7-12(11)14/h2-8,14H,13H2,1H3/t8-/m1/s1. The van der Waals surface area contributed by atoms with Crippen LogP contribution in [0.15, 0.2) is 36.4 Å². The SMILES string of the molecule is C[C@@H](N)c1cccc2c(O)cccc12. The molecule has 2 aromatic carbocycles. The number of hydrogen-bond acceptors (Lipinski definition) is 2. The van der Waals surface area contributed by atoms with Crippen LogP contribution in [0.25, 0.3) is 10.8 Å². The number of rotatable bonds is 1. The maximum atomic E-state index is 9.64.